The zero-order valence-electron chi connectivity index (χ0n) is 13.6. The summed E-state index contributed by atoms with van der Waals surface area (Å²) < 4.78 is 37.8. The van der Waals surface area contributed by atoms with E-state index >= 15 is 0 Å². The molecule has 0 aliphatic heterocycles. The minimum atomic E-state index is -4.41. The Bertz CT molecular complexity index is 818. The lowest BCUT2D eigenvalue weighted by Gasteiger charge is -2.15. The van der Waals surface area contributed by atoms with E-state index in [-0.39, 0.29) is 29.8 Å². The van der Waals surface area contributed by atoms with Crippen LogP contribution in [0, 0.1) is 17.2 Å². The van der Waals surface area contributed by atoms with Crippen LogP contribution in [-0.2, 0) is 6.18 Å². The zero-order valence-corrected chi connectivity index (χ0v) is 13.6. The van der Waals surface area contributed by atoms with Gasteiger partial charge in [-0.15, -0.1) is 0 Å². The molecule has 6 nitrogen and oxygen atoms in total. The van der Waals surface area contributed by atoms with Gasteiger partial charge in [0.05, 0.1) is 24.3 Å². The largest absolute Gasteiger partial charge is 0.416 e. The van der Waals surface area contributed by atoms with Gasteiger partial charge in [0.25, 0.3) is 5.91 Å². The number of rotatable bonds is 6. The maximum atomic E-state index is 12.6. The van der Waals surface area contributed by atoms with E-state index in [9.17, 15) is 18.0 Å². The molecule has 1 unspecified atom stereocenters. The van der Waals surface area contributed by atoms with E-state index in [4.69, 9.17) is 5.26 Å². The number of benzene rings is 1. The van der Waals surface area contributed by atoms with Crippen molar-refractivity contribution in [3.05, 3.63) is 41.6 Å². The standard InChI is InChI=1S/C17H16F3N5O/c18-17(19,20)11-3-5-12(6-4-11)23-15-13(9-22-25-15)16(26)24-14(7-8-21)10-1-2-10/h3-6,9-10,14H,1-2,7H2,(H,24,26)(H2,22,23,25). The minimum absolute atomic E-state index is 0.207. The molecule has 136 valence electrons. The van der Waals surface area contributed by atoms with Gasteiger partial charge in [0, 0.05) is 11.7 Å². The number of hydrogen-bond acceptors (Lipinski definition) is 4. The number of halogens is 3. The summed E-state index contributed by atoms with van der Waals surface area (Å²) in [6.45, 7) is 0. The Hall–Kier alpha value is -3.02. The van der Waals surface area contributed by atoms with Crippen LogP contribution >= 0.6 is 0 Å². The zero-order chi connectivity index (χ0) is 18.7. The van der Waals surface area contributed by atoms with Gasteiger partial charge in [-0.1, -0.05) is 0 Å². The van der Waals surface area contributed by atoms with E-state index < -0.39 is 11.7 Å². The fourth-order valence-corrected chi connectivity index (χ4v) is 2.62. The van der Waals surface area contributed by atoms with Crippen molar-refractivity contribution < 1.29 is 18.0 Å². The average Bonchev–Trinajstić information content (AvgIpc) is 3.33. The summed E-state index contributed by atoms with van der Waals surface area (Å²) >= 11 is 0. The fourth-order valence-electron chi connectivity index (χ4n) is 2.62. The van der Waals surface area contributed by atoms with Crippen molar-refractivity contribution in [3.8, 4) is 6.07 Å². The maximum Gasteiger partial charge on any atom is 0.416 e. The summed E-state index contributed by atoms with van der Waals surface area (Å²) in [6, 6.07) is 6.31. The molecule has 3 rings (SSSR count). The number of nitriles is 1. The first kappa shape index (κ1) is 17.8. The van der Waals surface area contributed by atoms with Crippen molar-refractivity contribution in [1.82, 2.24) is 15.5 Å². The Labute approximate surface area is 147 Å². The second kappa shape index (κ2) is 7.07. The summed E-state index contributed by atoms with van der Waals surface area (Å²) in [6.07, 6.45) is -0.881. The number of hydrogen-bond donors (Lipinski definition) is 3. The van der Waals surface area contributed by atoms with Gasteiger partial charge in [-0.2, -0.15) is 23.5 Å². The van der Waals surface area contributed by atoms with Gasteiger partial charge in [-0.05, 0) is 43.0 Å². The molecule has 0 bridgehead atoms. The molecule has 1 aliphatic rings. The van der Waals surface area contributed by atoms with E-state index in [0.717, 1.165) is 25.0 Å². The topological polar surface area (TPSA) is 93.6 Å². The first-order valence-corrected chi connectivity index (χ1v) is 8.04. The average molecular weight is 363 g/mol. The second-order valence-corrected chi connectivity index (χ2v) is 6.14. The third-order valence-corrected chi connectivity index (χ3v) is 4.18. The van der Waals surface area contributed by atoms with Crippen LogP contribution in [0.15, 0.2) is 30.5 Å². The van der Waals surface area contributed by atoms with Crippen LogP contribution in [0.4, 0.5) is 24.7 Å². The molecule has 1 fully saturated rings. The lowest BCUT2D eigenvalue weighted by Crippen LogP contribution is -2.36. The highest BCUT2D eigenvalue weighted by molar-refractivity contribution is 5.99. The van der Waals surface area contributed by atoms with Gasteiger partial charge < -0.3 is 10.6 Å². The quantitative estimate of drug-likeness (QED) is 0.731. The van der Waals surface area contributed by atoms with Crippen LogP contribution < -0.4 is 10.6 Å². The first-order valence-electron chi connectivity index (χ1n) is 8.04. The number of nitrogens with zero attached hydrogens (tertiary/aromatic N) is 2. The third-order valence-electron chi connectivity index (χ3n) is 4.18. The highest BCUT2D eigenvalue weighted by Gasteiger charge is 2.33. The number of aromatic amines is 1. The van der Waals surface area contributed by atoms with Crippen molar-refractivity contribution >= 4 is 17.4 Å². The van der Waals surface area contributed by atoms with Crippen molar-refractivity contribution in [1.29, 1.82) is 5.26 Å². The van der Waals surface area contributed by atoms with Crippen molar-refractivity contribution in [3.63, 3.8) is 0 Å². The molecule has 1 heterocycles. The van der Waals surface area contributed by atoms with Crippen LogP contribution in [0.1, 0.15) is 35.2 Å². The Morgan fingerprint density at radius 2 is 2.04 bits per heavy atom. The van der Waals surface area contributed by atoms with Gasteiger partial charge in [-0.3, -0.25) is 9.89 Å². The second-order valence-electron chi connectivity index (χ2n) is 6.14. The molecule has 2 aromatic rings. The highest BCUT2D eigenvalue weighted by atomic mass is 19.4. The van der Waals surface area contributed by atoms with E-state index in [2.05, 4.69) is 26.9 Å². The van der Waals surface area contributed by atoms with Gasteiger partial charge >= 0.3 is 6.18 Å². The summed E-state index contributed by atoms with van der Waals surface area (Å²) in [4.78, 5) is 12.5. The SMILES string of the molecule is N#CCC(NC(=O)c1cn[nH]c1Nc1ccc(C(F)(F)F)cc1)C1CC1. The molecule has 0 saturated heterocycles. The first-order chi connectivity index (χ1) is 12.4. The molecule has 1 aliphatic carbocycles. The lowest BCUT2D eigenvalue weighted by atomic mass is 10.1. The molecule has 0 radical (unpaired) electrons. The molecule has 1 aromatic carbocycles. The molecule has 3 N–H and O–H groups in total. The summed E-state index contributed by atoms with van der Waals surface area (Å²) in [5.74, 6) is 0.200. The summed E-state index contributed by atoms with van der Waals surface area (Å²) in [5, 5.41) is 21.0. The van der Waals surface area contributed by atoms with Crippen LogP contribution in [0.25, 0.3) is 0 Å². The molecule has 0 spiro atoms. The molecular formula is C17H16F3N5O. The number of anilines is 2. The predicted molar refractivity (Wildman–Crippen MR) is 87.5 cm³/mol. The van der Waals surface area contributed by atoms with Gasteiger partial charge in [0.1, 0.15) is 11.4 Å². The summed E-state index contributed by atoms with van der Waals surface area (Å²) in [7, 11) is 0. The van der Waals surface area contributed by atoms with E-state index in [1.165, 1.54) is 18.3 Å². The van der Waals surface area contributed by atoms with Crippen molar-refractivity contribution in [2.45, 2.75) is 31.5 Å². The van der Waals surface area contributed by atoms with E-state index in [0.29, 0.717) is 11.6 Å². The maximum absolute atomic E-state index is 12.6. The Balaban J connectivity index is 1.70. The third kappa shape index (κ3) is 4.14. The summed E-state index contributed by atoms with van der Waals surface area (Å²) in [5.41, 5.74) is -0.144. The molecule has 1 amide bonds. The lowest BCUT2D eigenvalue weighted by molar-refractivity contribution is -0.137. The monoisotopic (exact) mass is 363 g/mol. The van der Waals surface area contributed by atoms with Crippen molar-refractivity contribution in [2.75, 3.05) is 5.32 Å². The Morgan fingerprint density at radius 3 is 2.62 bits per heavy atom. The van der Waals surface area contributed by atoms with Crippen LogP contribution in [-0.4, -0.2) is 22.1 Å². The molecule has 1 aromatic heterocycles. The molecular weight excluding hydrogens is 347 g/mol. The molecule has 26 heavy (non-hydrogen) atoms. The number of carbonyl (C=O) groups excluding carboxylic acids is 1. The van der Waals surface area contributed by atoms with E-state index in [1.54, 1.807) is 0 Å². The Kier molecular flexibility index (Phi) is 4.84. The molecule has 1 saturated carbocycles. The molecule has 1 atom stereocenters. The van der Waals surface area contributed by atoms with Gasteiger partial charge in [0.2, 0.25) is 0 Å². The van der Waals surface area contributed by atoms with E-state index in [1.807, 2.05) is 0 Å². The van der Waals surface area contributed by atoms with Gasteiger partial charge in [0.15, 0.2) is 0 Å². The number of amides is 1. The van der Waals surface area contributed by atoms with Crippen LogP contribution in [0.5, 0.6) is 0 Å². The van der Waals surface area contributed by atoms with Crippen LogP contribution in [0.3, 0.4) is 0 Å². The van der Waals surface area contributed by atoms with Gasteiger partial charge in [-0.25, -0.2) is 0 Å². The number of alkyl halides is 3. The van der Waals surface area contributed by atoms with Crippen LogP contribution in [0.2, 0.25) is 0 Å². The number of H-pyrrole nitrogens is 1. The smallest absolute Gasteiger partial charge is 0.348 e. The Morgan fingerprint density at radius 1 is 1.35 bits per heavy atom. The predicted octanol–water partition coefficient (Wildman–Crippen LogP) is 3.59. The van der Waals surface area contributed by atoms with Crippen molar-refractivity contribution in [2.24, 2.45) is 5.92 Å². The molecule has 9 heteroatoms. The number of aromatic nitrogens is 2. The number of nitrogens with one attached hydrogen (secondary N) is 3. The normalized spacial score (nSPS) is 15.2. The highest BCUT2D eigenvalue weighted by Crippen LogP contribution is 2.34. The fraction of sp³-hybridized carbons (Fsp3) is 0.353. The number of carbonyl (C=O) groups is 1. The minimum Gasteiger partial charge on any atom is -0.348 e.